The van der Waals surface area contributed by atoms with Crippen molar-refractivity contribution in [3.8, 4) is 0 Å². The molecule has 0 bridgehead atoms. The summed E-state index contributed by atoms with van der Waals surface area (Å²) in [4.78, 5) is 4.82. The van der Waals surface area contributed by atoms with Gasteiger partial charge in [0.15, 0.2) is 0 Å². The van der Waals surface area contributed by atoms with Crippen LogP contribution >= 0.6 is 0 Å². The first kappa shape index (κ1) is 16.4. The average Bonchev–Trinajstić information content (AvgIpc) is 2.25. The number of nitrogens with zero attached hydrogens (tertiary/aromatic N) is 2. The van der Waals surface area contributed by atoms with Gasteiger partial charge in [-0.05, 0) is 40.0 Å². The van der Waals surface area contributed by atoms with Gasteiger partial charge in [-0.25, -0.2) is 0 Å². The molecule has 0 amide bonds. The van der Waals surface area contributed by atoms with E-state index in [2.05, 4.69) is 23.9 Å². The molecule has 14 heavy (non-hydrogen) atoms. The van der Waals surface area contributed by atoms with Crippen molar-refractivity contribution in [3.05, 3.63) is 0 Å². The molecule has 0 radical (unpaired) electrons. The van der Waals surface area contributed by atoms with Crippen LogP contribution in [0, 0.1) is 0 Å². The minimum Gasteiger partial charge on any atom is -0.305 e. The predicted molar refractivity (Wildman–Crippen MR) is 66.9 cm³/mol. The summed E-state index contributed by atoms with van der Waals surface area (Å²) < 4.78 is 0. The predicted octanol–water partition coefficient (Wildman–Crippen LogP) is 2.70. The zero-order chi connectivity index (χ0) is 11.4. The van der Waals surface area contributed by atoms with Gasteiger partial charge in [0.05, 0.1) is 0 Å². The number of likely N-dealkylation sites (N-methyl/N-ethyl adjacent to an activating group) is 2. The van der Waals surface area contributed by atoms with Gasteiger partial charge in [-0.2, -0.15) is 0 Å². The van der Waals surface area contributed by atoms with Crippen molar-refractivity contribution < 1.29 is 0 Å². The zero-order valence-electron chi connectivity index (χ0n) is 11.1. The summed E-state index contributed by atoms with van der Waals surface area (Å²) in [6.45, 7) is 13.0. The Bertz CT molecular complexity index is 82.3. The standard InChI is InChI=1S/C8H18N2.2C2H6/c1-9-5-3-4-6-10(2)8-7-9;2*1-2/h3-8H2,1-2H3;2*1-2H3. The van der Waals surface area contributed by atoms with E-state index in [1.165, 1.54) is 39.0 Å². The van der Waals surface area contributed by atoms with Crippen LogP contribution < -0.4 is 0 Å². The first-order valence-electron chi connectivity index (χ1n) is 6.16. The highest BCUT2D eigenvalue weighted by atomic mass is 15.2. The molecule has 0 spiro atoms. The Morgan fingerprint density at radius 2 is 0.857 bits per heavy atom. The lowest BCUT2D eigenvalue weighted by Gasteiger charge is -2.25. The second-order valence-corrected chi connectivity index (χ2v) is 3.31. The fourth-order valence-corrected chi connectivity index (χ4v) is 1.33. The molecule has 1 saturated heterocycles. The van der Waals surface area contributed by atoms with Crippen molar-refractivity contribution in [2.24, 2.45) is 0 Å². The van der Waals surface area contributed by atoms with E-state index in [1.54, 1.807) is 0 Å². The SMILES string of the molecule is CC.CC.CN1CCCCN(C)CC1. The molecule has 1 rings (SSSR count). The van der Waals surface area contributed by atoms with Crippen LogP contribution in [0.4, 0.5) is 0 Å². The van der Waals surface area contributed by atoms with Gasteiger partial charge in [-0.1, -0.05) is 27.7 Å². The van der Waals surface area contributed by atoms with Crippen LogP contribution in [0.2, 0.25) is 0 Å². The molecule has 2 nitrogen and oxygen atoms in total. The summed E-state index contributed by atoms with van der Waals surface area (Å²) in [5.41, 5.74) is 0. The fraction of sp³-hybridized carbons (Fsp3) is 1.00. The third-order valence-corrected chi connectivity index (χ3v) is 2.19. The second kappa shape index (κ2) is 12.9. The van der Waals surface area contributed by atoms with Gasteiger partial charge in [0.25, 0.3) is 0 Å². The Hall–Kier alpha value is -0.0800. The van der Waals surface area contributed by atoms with E-state index in [0.29, 0.717) is 0 Å². The van der Waals surface area contributed by atoms with Crippen molar-refractivity contribution in [2.75, 3.05) is 40.3 Å². The molecule has 0 atom stereocenters. The molecular weight excluding hydrogens is 172 g/mol. The first-order valence-corrected chi connectivity index (χ1v) is 6.16. The Morgan fingerprint density at radius 1 is 0.571 bits per heavy atom. The zero-order valence-corrected chi connectivity index (χ0v) is 11.1. The van der Waals surface area contributed by atoms with Gasteiger partial charge in [0.2, 0.25) is 0 Å². The molecule has 0 unspecified atom stereocenters. The van der Waals surface area contributed by atoms with Crippen LogP contribution in [0.15, 0.2) is 0 Å². The maximum Gasteiger partial charge on any atom is 0.0106 e. The van der Waals surface area contributed by atoms with Gasteiger partial charge >= 0.3 is 0 Å². The first-order chi connectivity index (χ1) is 6.79. The van der Waals surface area contributed by atoms with Crippen LogP contribution in [0.5, 0.6) is 0 Å². The van der Waals surface area contributed by atoms with Crippen molar-refractivity contribution in [1.29, 1.82) is 0 Å². The van der Waals surface area contributed by atoms with E-state index >= 15 is 0 Å². The lowest BCUT2D eigenvalue weighted by Crippen LogP contribution is -2.34. The highest BCUT2D eigenvalue weighted by Crippen LogP contribution is 1.99. The maximum atomic E-state index is 2.41. The van der Waals surface area contributed by atoms with Crippen LogP contribution in [0.3, 0.4) is 0 Å². The Balaban J connectivity index is 0. The van der Waals surface area contributed by atoms with Crippen LogP contribution in [-0.4, -0.2) is 50.1 Å². The molecule has 0 aromatic heterocycles. The molecule has 0 aromatic rings. The van der Waals surface area contributed by atoms with E-state index in [1.807, 2.05) is 27.7 Å². The van der Waals surface area contributed by atoms with Crippen molar-refractivity contribution in [1.82, 2.24) is 9.80 Å². The monoisotopic (exact) mass is 202 g/mol. The molecule has 1 aliphatic rings. The van der Waals surface area contributed by atoms with Crippen LogP contribution in [-0.2, 0) is 0 Å². The normalized spacial score (nSPS) is 19.3. The van der Waals surface area contributed by atoms with Crippen LogP contribution in [0.1, 0.15) is 40.5 Å². The smallest absolute Gasteiger partial charge is 0.0106 e. The van der Waals surface area contributed by atoms with Crippen molar-refractivity contribution in [3.63, 3.8) is 0 Å². The second-order valence-electron chi connectivity index (χ2n) is 3.31. The van der Waals surface area contributed by atoms with Crippen LogP contribution in [0.25, 0.3) is 0 Å². The van der Waals surface area contributed by atoms with Crippen molar-refractivity contribution >= 4 is 0 Å². The van der Waals surface area contributed by atoms with Gasteiger partial charge in [0, 0.05) is 13.1 Å². The van der Waals surface area contributed by atoms with Gasteiger partial charge in [-0.15, -0.1) is 0 Å². The summed E-state index contributed by atoms with van der Waals surface area (Å²) in [7, 11) is 4.42. The largest absolute Gasteiger partial charge is 0.305 e. The Labute approximate surface area is 91.3 Å². The molecule has 1 heterocycles. The van der Waals surface area contributed by atoms with Gasteiger partial charge in [0.1, 0.15) is 0 Å². The highest BCUT2D eigenvalue weighted by molar-refractivity contribution is 4.61. The average molecular weight is 202 g/mol. The third kappa shape index (κ3) is 10.0. The number of hydrogen-bond acceptors (Lipinski definition) is 2. The molecule has 0 aromatic carbocycles. The minimum atomic E-state index is 1.23. The summed E-state index contributed by atoms with van der Waals surface area (Å²) in [5, 5.41) is 0. The summed E-state index contributed by atoms with van der Waals surface area (Å²) in [6, 6.07) is 0. The lowest BCUT2D eigenvalue weighted by molar-refractivity contribution is 0.222. The quantitative estimate of drug-likeness (QED) is 0.596. The fourth-order valence-electron chi connectivity index (χ4n) is 1.33. The van der Waals surface area contributed by atoms with E-state index in [-0.39, 0.29) is 0 Å². The van der Waals surface area contributed by atoms with E-state index in [4.69, 9.17) is 0 Å². The molecule has 0 saturated carbocycles. The van der Waals surface area contributed by atoms with Crippen molar-refractivity contribution in [2.45, 2.75) is 40.5 Å². The third-order valence-electron chi connectivity index (χ3n) is 2.19. The number of hydrogen-bond donors (Lipinski definition) is 0. The summed E-state index contributed by atoms with van der Waals surface area (Å²) >= 11 is 0. The minimum absolute atomic E-state index is 1.23. The van der Waals surface area contributed by atoms with Gasteiger partial charge in [-0.3, -0.25) is 0 Å². The Kier molecular flexibility index (Phi) is 15.1. The maximum absolute atomic E-state index is 2.41. The molecule has 2 heteroatoms. The lowest BCUT2D eigenvalue weighted by atomic mass is 10.2. The topological polar surface area (TPSA) is 6.48 Å². The molecular formula is C12H30N2. The van der Waals surface area contributed by atoms with Gasteiger partial charge < -0.3 is 9.80 Å². The molecule has 0 aliphatic carbocycles. The summed E-state index contributed by atoms with van der Waals surface area (Å²) in [5.74, 6) is 0. The molecule has 88 valence electrons. The molecule has 0 N–H and O–H groups in total. The molecule has 1 fully saturated rings. The van der Waals surface area contributed by atoms with E-state index in [9.17, 15) is 0 Å². The molecule has 1 aliphatic heterocycles. The highest BCUT2D eigenvalue weighted by Gasteiger charge is 2.05. The Morgan fingerprint density at radius 3 is 1.14 bits per heavy atom. The number of rotatable bonds is 0. The van der Waals surface area contributed by atoms with E-state index < -0.39 is 0 Å². The van der Waals surface area contributed by atoms with E-state index in [0.717, 1.165) is 0 Å². The summed E-state index contributed by atoms with van der Waals surface area (Å²) in [6.07, 6.45) is 2.72.